The summed E-state index contributed by atoms with van der Waals surface area (Å²) in [6.07, 6.45) is 4.05. The molecule has 1 aromatic heterocycles. The van der Waals surface area contributed by atoms with Gasteiger partial charge in [-0.2, -0.15) is 4.98 Å². The van der Waals surface area contributed by atoms with Crippen LogP contribution in [0.25, 0.3) is 11.4 Å². The van der Waals surface area contributed by atoms with E-state index in [-0.39, 0.29) is 17.9 Å². The highest BCUT2D eigenvalue weighted by atomic mass is 16.5. The van der Waals surface area contributed by atoms with Crippen molar-refractivity contribution in [3.8, 4) is 11.4 Å². The van der Waals surface area contributed by atoms with Crippen molar-refractivity contribution in [3.05, 3.63) is 30.2 Å². The molecular weight excluding hydrogens is 340 g/mol. The van der Waals surface area contributed by atoms with E-state index >= 15 is 0 Å². The average molecular weight is 368 g/mol. The van der Waals surface area contributed by atoms with Crippen LogP contribution in [0.4, 0.5) is 5.69 Å². The first-order valence-corrected chi connectivity index (χ1v) is 10.0. The van der Waals surface area contributed by atoms with Gasteiger partial charge in [-0.1, -0.05) is 12.1 Å². The number of benzene rings is 1. The van der Waals surface area contributed by atoms with E-state index in [0.717, 1.165) is 50.0 Å². The quantitative estimate of drug-likeness (QED) is 0.801. The van der Waals surface area contributed by atoms with Crippen molar-refractivity contribution in [3.63, 3.8) is 0 Å². The van der Waals surface area contributed by atoms with Crippen LogP contribution in [0.5, 0.6) is 0 Å². The van der Waals surface area contributed by atoms with Crippen molar-refractivity contribution in [2.75, 3.05) is 25.0 Å². The molecule has 0 radical (unpaired) electrons. The number of carbonyl (C=O) groups excluding carboxylic acids is 1. The van der Waals surface area contributed by atoms with Gasteiger partial charge in [-0.05, 0) is 62.8 Å². The molecule has 1 aliphatic carbocycles. The van der Waals surface area contributed by atoms with E-state index in [0.29, 0.717) is 17.6 Å². The van der Waals surface area contributed by atoms with Crippen LogP contribution in [-0.2, 0) is 4.79 Å². The number of amides is 1. The van der Waals surface area contributed by atoms with Gasteiger partial charge < -0.3 is 14.3 Å². The molecule has 0 N–H and O–H groups in total. The number of piperidine rings is 1. The van der Waals surface area contributed by atoms with E-state index in [2.05, 4.69) is 48.1 Å². The zero-order valence-corrected chi connectivity index (χ0v) is 16.4. The van der Waals surface area contributed by atoms with Crippen LogP contribution in [0, 0.1) is 11.8 Å². The summed E-state index contributed by atoms with van der Waals surface area (Å²) in [5, 5.41) is 4.19. The van der Waals surface area contributed by atoms with E-state index in [1.165, 1.54) is 0 Å². The average Bonchev–Trinajstić information content (AvgIpc) is 3.24. The van der Waals surface area contributed by atoms with Crippen LogP contribution in [0.15, 0.2) is 28.8 Å². The summed E-state index contributed by atoms with van der Waals surface area (Å²) in [6, 6.07) is 8.10. The molecule has 1 aliphatic heterocycles. The van der Waals surface area contributed by atoms with Gasteiger partial charge in [0.05, 0.1) is 0 Å². The van der Waals surface area contributed by atoms with Crippen molar-refractivity contribution in [2.45, 2.75) is 45.6 Å². The number of carbonyl (C=O) groups is 1. The number of hydrogen-bond acceptors (Lipinski definition) is 5. The number of hydrogen-bond donors (Lipinski definition) is 0. The smallest absolute Gasteiger partial charge is 0.249 e. The zero-order valence-electron chi connectivity index (χ0n) is 16.4. The molecule has 2 heterocycles. The summed E-state index contributed by atoms with van der Waals surface area (Å²) in [5.41, 5.74) is 2.09. The molecule has 1 amide bonds. The molecule has 4 rings (SSSR count). The molecule has 144 valence electrons. The lowest BCUT2D eigenvalue weighted by Gasteiger charge is -2.33. The summed E-state index contributed by atoms with van der Waals surface area (Å²) >= 11 is 0. The zero-order chi connectivity index (χ0) is 19.0. The largest absolute Gasteiger partial charge is 0.375 e. The highest BCUT2D eigenvalue weighted by Crippen LogP contribution is 2.42. The maximum absolute atomic E-state index is 12.8. The van der Waals surface area contributed by atoms with Crippen LogP contribution < -0.4 is 4.90 Å². The number of aromatic nitrogens is 2. The molecule has 2 aromatic rings. The molecule has 0 unspecified atom stereocenters. The van der Waals surface area contributed by atoms with E-state index in [1.54, 1.807) is 0 Å². The first kappa shape index (κ1) is 18.0. The Labute approximate surface area is 160 Å². The summed E-state index contributed by atoms with van der Waals surface area (Å²) in [7, 11) is 2.07. The summed E-state index contributed by atoms with van der Waals surface area (Å²) in [6.45, 7) is 6.02. The minimum absolute atomic E-state index is 0.0780. The SMILES string of the molecule is CCN(C)c1ccc(-c2noc([C@@H]3CCCCN3C(=O)[C@@H]3C[C@H]3C)n2)cc1. The number of likely N-dealkylation sites (tertiary alicyclic amines) is 1. The van der Waals surface area contributed by atoms with Gasteiger partial charge in [-0.3, -0.25) is 4.79 Å². The predicted octanol–water partition coefficient (Wildman–Crippen LogP) is 3.90. The highest BCUT2D eigenvalue weighted by Gasteiger charge is 2.44. The third kappa shape index (κ3) is 3.57. The normalized spacial score (nSPS) is 24.7. The van der Waals surface area contributed by atoms with Gasteiger partial charge in [0.15, 0.2) is 0 Å². The second kappa shape index (κ2) is 7.33. The predicted molar refractivity (Wildman–Crippen MR) is 104 cm³/mol. The Morgan fingerprint density at radius 2 is 2.04 bits per heavy atom. The van der Waals surface area contributed by atoms with Gasteiger partial charge in [-0.15, -0.1) is 0 Å². The van der Waals surface area contributed by atoms with Crippen molar-refractivity contribution in [1.29, 1.82) is 0 Å². The Morgan fingerprint density at radius 1 is 1.30 bits per heavy atom. The Hall–Kier alpha value is -2.37. The Bertz CT molecular complexity index is 801. The maximum Gasteiger partial charge on any atom is 0.249 e. The molecule has 6 heteroatoms. The van der Waals surface area contributed by atoms with E-state index < -0.39 is 0 Å². The Kier molecular flexibility index (Phi) is 4.89. The molecule has 0 spiro atoms. The monoisotopic (exact) mass is 368 g/mol. The van der Waals surface area contributed by atoms with Gasteiger partial charge in [0.2, 0.25) is 17.6 Å². The first-order chi connectivity index (χ1) is 13.1. The van der Waals surface area contributed by atoms with Crippen LogP contribution >= 0.6 is 0 Å². The van der Waals surface area contributed by atoms with Crippen molar-refractivity contribution >= 4 is 11.6 Å². The summed E-state index contributed by atoms with van der Waals surface area (Å²) in [4.78, 5) is 21.6. The molecule has 1 aromatic carbocycles. The van der Waals surface area contributed by atoms with Crippen LogP contribution in [-0.4, -0.2) is 41.1 Å². The van der Waals surface area contributed by atoms with Gasteiger partial charge >= 0.3 is 0 Å². The minimum atomic E-state index is -0.0780. The fourth-order valence-electron chi connectivity index (χ4n) is 3.87. The van der Waals surface area contributed by atoms with E-state index in [1.807, 2.05) is 17.0 Å². The summed E-state index contributed by atoms with van der Waals surface area (Å²) < 4.78 is 5.60. The number of rotatable bonds is 5. The van der Waals surface area contributed by atoms with E-state index in [9.17, 15) is 4.79 Å². The lowest BCUT2D eigenvalue weighted by molar-refractivity contribution is -0.137. The Morgan fingerprint density at radius 3 is 2.70 bits per heavy atom. The van der Waals surface area contributed by atoms with Crippen LogP contribution in [0.1, 0.15) is 51.5 Å². The first-order valence-electron chi connectivity index (χ1n) is 10.0. The molecule has 3 atom stereocenters. The fraction of sp³-hybridized carbons (Fsp3) is 0.571. The Balaban J connectivity index is 1.53. The topological polar surface area (TPSA) is 62.5 Å². The molecular formula is C21H28N4O2. The van der Waals surface area contributed by atoms with E-state index in [4.69, 9.17) is 4.52 Å². The highest BCUT2D eigenvalue weighted by molar-refractivity contribution is 5.82. The second-order valence-corrected chi connectivity index (χ2v) is 7.88. The second-order valence-electron chi connectivity index (χ2n) is 7.88. The molecule has 0 bridgehead atoms. The van der Waals surface area contributed by atoms with Gasteiger partial charge in [0.1, 0.15) is 6.04 Å². The van der Waals surface area contributed by atoms with Gasteiger partial charge in [0.25, 0.3) is 0 Å². The lowest BCUT2D eigenvalue weighted by atomic mass is 10.0. The van der Waals surface area contributed by atoms with Crippen molar-refractivity contribution < 1.29 is 9.32 Å². The molecule has 2 fully saturated rings. The number of nitrogens with zero attached hydrogens (tertiary/aromatic N) is 4. The molecule has 27 heavy (non-hydrogen) atoms. The standard InChI is InChI=1S/C21H28N4O2/c1-4-24(3)16-10-8-15(9-11-16)19-22-20(27-23-19)18-7-5-6-12-25(18)21(26)17-13-14(17)2/h8-11,14,17-18H,4-7,12-13H2,1-3H3/t14-,17-,18+/m1/s1. The summed E-state index contributed by atoms with van der Waals surface area (Å²) in [5.74, 6) is 2.13. The minimum Gasteiger partial charge on any atom is -0.375 e. The van der Waals surface area contributed by atoms with Crippen molar-refractivity contribution in [1.82, 2.24) is 15.0 Å². The maximum atomic E-state index is 12.8. The molecule has 6 nitrogen and oxygen atoms in total. The van der Waals surface area contributed by atoms with Crippen molar-refractivity contribution in [2.24, 2.45) is 11.8 Å². The number of anilines is 1. The van der Waals surface area contributed by atoms with Crippen LogP contribution in [0.2, 0.25) is 0 Å². The third-order valence-electron chi connectivity index (χ3n) is 5.98. The lowest BCUT2D eigenvalue weighted by Crippen LogP contribution is -2.39. The van der Waals surface area contributed by atoms with Crippen LogP contribution in [0.3, 0.4) is 0 Å². The molecule has 1 saturated heterocycles. The van der Waals surface area contributed by atoms with Gasteiger partial charge in [-0.25, -0.2) is 0 Å². The molecule has 2 aliphatic rings. The van der Waals surface area contributed by atoms with Gasteiger partial charge in [0, 0.05) is 37.3 Å². The molecule has 1 saturated carbocycles. The third-order valence-corrected chi connectivity index (χ3v) is 5.98. The fourth-order valence-corrected chi connectivity index (χ4v) is 3.87.